The molecule has 1 saturated heterocycles. The van der Waals surface area contributed by atoms with Crippen LogP contribution < -0.4 is 10.1 Å². The van der Waals surface area contributed by atoms with E-state index in [9.17, 15) is 4.79 Å². The van der Waals surface area contributed by atoms with Crippen molar-refractivity contribution in [2.45, 2.75) is 25.7 Å². The number of hydrogen-bond donors (Lipinski definition) is 1. The number of likely N-dealkylation sites (tertiary alicyclic amines) is 1. The summed E-state index contributed by atoms with van der Waals surface area (Å²) in [6.45, 7) is 4.05. The van der Waals surface area contributed by atoms with Crippen LogP contribution >= 0.6 is 0 Å². The summed E-state index contributed by atoms with van der Waals surface area (Å²) in [6.07, 6.45) is 1.78. The van der Waals surface area contributed by atoms with E-state index in [1.54, 1.807) is 7.11 Å². The first-order valence-corrected chi connectivity index (χ1v) is 10.2. The van der Waals surface area contributed by atoms with E-state index in [-0.39, 0.29) is 11.8 Å². The van der Waals surface area contributed by atoms with Gasteiger partial charge in [0.2, 0.25) is 17.6 Å². The van der Waals surface area contributed by atoms with E-state index in [1.807, 2.05) is 49.4 Å². The van der Waals surface area contributed by atoms with Crippen LogP contribution in [0.5, 0.6) is 5.75 Å². The SMILES string of the molecule is COc1cccc(NC(=O)CN2CCC(c3nc(-c4cccc(C)c4)no3)CC2)c1. The van der Waals surface area contributed by atoms with Gasteiger partial charge in [0.25, 0.3) is 0 Å². The van der Waals surface area contributed by atoms with Crippen LogP contribution in [0.2, 0.25) is 0 Å². The summed E-state index contributed by atoms with van der Waals surface area (Å²) in [4.78, 5) is 19.2. The Bertz CT molecular complexity index is 1010. The van der Waals surface area contributed by atoms with E-state index >= 15 is 0 Å². The molecule has 0 radical (unpaired) electrons. The molecule has 7 nitrogen and oxygen atoms in total. The van der Waals surface area contributed by atoms with Gasteiger partial charge in [-0.2, -0.15) is 4.98 Å². The number of amides is 1. The number of benzene rings is 2. The van der Waals surface area contributed by atoms with Gasteiger partial charge in [-0.1, -0.05) is 35.0 Å². The molecule has 1 N–H and O–H groups in total. The predicted molar refractivity (Wildman–Crippen MR) is 115 cm³/mol. The van der Waals surface area contributed by atoms with Crippen LogP contribution in [-0.2, 0) is 4.79 Å². The van der Waals surface area contributed by atoms with Gasteiger partial charge in [-0.3, -0.25) is 9.69 Å². The maximum Gasteiger partial charge on any atom is 0.238 e. The molecule has 2 aromatic carbocycles. The Morgan fingerprint density at radius 1 is 1.20 bits per heavy atom. The Hall–Kier alpha value is -3.19. The topological polar surface area (TPSA) is 80.5 Å². The predicted octanol–water partition coefficient (Wildman–Crippen LogP) is 3.87. The first kappa shape index (κ1) is 20.1. The maximum absolute atomic E-state index is 12.4. The second kappa shape index (κ2) is 9.09. The van der Waals surface area contributed by atoms with Crippen molar-refractivity contribution in [1.29, 1.82) is 0 Å². The van der Waals surface area contributed by atoms with Crippen LogP contribution in [0.25, 0.3) is 11.4 Å². The standard InChI is InChI=1S/C23H26N4O3/c1-16-5-3-6-18(13-16)22-25-23(30-26-22)17-9-11-27(12-10-17)15-21(28)24-19-7-4-8-20(14-19)29-2/h3-8,13-14,17H,9-12,15H2,1-2H3,(H,24,28). The Morgan fingerprint density at radius 3 is 2.77 bits per heavy atom. The van der Waals surface area contributed by atoms with Crippen molar-refractivity contribution in [2.75, 3.05) is 32.1 Å². The van der Waals surface area contributed by atoms with E-state index in [4.69, 9.17) is 9.26 Å². The molecule has 0 spiro atoms. The molecule has 0 bridgehead atoms. The summed E-state index contributed by atoms with van der Waals surface area (Å²) < 4.78 is 10.7. The number of nitrogens with one attached hydrogen (secondary N) is 1. The smallest absolute Gasteiger partial charge is 0.238 e. The summed E-state index contributed by atoms with van der Waals surface area (Å²) in [5.41, 5.74) is 2.87. The van der Waals surface area contributed by atoms with E-state index < -0.39 is 0 Å². The Balaban J connectivity index is 1.29. The number of aryl methyl sites for hydroxylation is 1. The fraction of sp³-hybridized carbons (Fsp3) is 0.348. The quantitative estimate of drug-likeness (QED) is 0.669. The highest BCUT2D eigenvalue weighted by Crippen LogP contribution is 2.28. The number of carbonyl (C=O) groups is 1. The van der Waals surface area contributed by atoms with E-state index in [0.717, 1.165) is 42.9 Å². The molecule has 1 fully saturated rings. The summed E-state index contributed by atoms with van der Waals surface area (Å²) in [7, 11) is 1.61. The summed E-state index contributed by atoms with van der Waals surface area (Å²) in [5, 5.41) is 7.09. The second-order valence-electron chi connectivity index (χ2n) is 7.66. The minimum Gasteiger partial charge on any atom is -0.497 e. The Labute approximate surface area is 176 Å². The average Bonchev–Trinajstić information content (AvgIpc) is 3.25. The molecular formula is C23H26N4O3. The van der Waals surface area contributed by atoms with E-state index in [1.165, 1.54) is 5.56 Å². The number of nitrogens with zero attached hydrogens (tertiary/aromatic N) is 3. The number of rotatable bonds is 6. The molecule has 156 valence electrons. The molecule has 1 amide bonds. The highest BCUT2D eigenvalue weighted by atomic mass is 16.5. The van der Waals surface area contributed by atoms with Gasteiger partial charge in [0.1, 0.15) is 5.75 Å². The third kappa shape index (κ3) is 4.86. The minimum absolute atomic E-state index is 0.0266. The van der Waals surface area contributed by atoms with Crippen LogP contribution in [0, 0.1) is 6.92 Å². The lowest BCUT2D eigenvalue weighted by molar-refractivity contribution is -0.117. The van der Waals surface area contributed by atoms with Crippen molar-refractivity contribution in [3.05, 3.63) is 60.0 Å². The molecule has 30 heavy (non-hydrogen) atoms. The van der Waals surface area contributed by atoms with E-state index in [2.05, 4.69) is 26.4 Å². The second-order valence-corrected chi connectivity index (χ2v) is 7.66. The van der Waals surface area contributed by atoms with E-state index in [0.29, 0.717) is 18.3 Å². The first-order chi connectivity index (χ1) is 14.6. The number of piperidine rings is 1. The maximum atomic E-state index is 12.4. The van der Waals surface area contributed by atoms with Gasteiger partial charge in [-0.05, 0) is 51.1 Å². The van der Waals surface area contributed by atoms with Crippen molar-refractivity contribution >= 4 is 11.6 Å². The number of methoxy groups -OCH3 is 1. The fourth-order valence-electron chi connectivity index (χ4n) is 3.74. The monoisotopic (exact) mass is 406 g/mol. The summed E-state index contributed by atoms with van der Waals surface area (Å²) >= 11 is 0. The molecule has 1 aliphatic heterocycles. The molecular weight excluding hydrogens is 380 g/mol. The summed E-state index contributed by atoms with van der Waals surface area (Å²) in [6, 6.07) is 15.5. The highest BCUT2D eigenvalue weighted by molar-refractivity contribution is 5.92. The lowest BCUT2D eigenvalue weighted by Gasteiger charge is -2.29. The normalized spacial score (nSPS) is 15.1. The molecule has 0 atom stereocenters. The third-order valence-electron chi connectivity index (χ3n) is 5.38. The van der Waals surface area contributed by atoms with Crippen molar-refractivity contribution in [2.24, 2.45) is 0 Å². The molecule has 1 aromatic heterocycles. The number of ether oxygens (including phenoxy) is 1. The van der Waals surface area contributed by atoms with Gasteiger partial charge >= 0.3 is 0 Å². The molecule has 0 aliphatic carbocycles. The number of aromatic nitrogens is 2. The zero-order valence-corrected chi connectivity index (χ0v) is 17.3. The largest absolute Gasteiger partial charge is 0.497 e. The third-order valence-corrected chi connectivity index (χ3v) is 5.38. The molecule has 2 heterocycles. The number of hydrogen-bond acceptors (Lipinski definition) is 6. The molecule has 4 rings (SSSR count). The Morgan fingerprint density at radius 2 is 2.00 bits per heavy atom. The molecule has 7 heteroatoms. The zero-order valence-electron chi connectivity index (χ0n) is 17.3. The van der Waals surface area contributed by atoms with Crippen LogP contribution in [0.4, 0.5) is 5.69 Å². The lowest BCUT2D eigenvalue weighted by atomic mass is 9.97. The first-order valence-electron chi connectivity index (χ1n) is 10.2. The zero-order chi connectivity index (χ0) is 20.9. The van der Waals surface area contributed by atoms with Gasteiger partial charge in [-0.15, -0.1) is 0 Å². The lowest BCUT2D eigenvalue weighted by Crippen LogP contribution is -2.38. The van der Waals surface area contributed by atoms with Gasteiger partial charge in [0, 0.05) is 23.2 Å². The fourth-order valence-corrected chi connectivity index (χ4v) is 3.74. The van der Waals surface area contributed by atoms with Gasteiger partial charge in [-0.25, -0.2) is 0 Å². The van der Waals surface area contributed by atoms with Crippen molar-refractivity contribution in [3.63, 3.8) is 0 Å². The van der Waals surface area contributed by atoms with Crippen molar-refractivity contribution in [1.82, 2.24) is 15.0 Å². The van der Waals surface area contributed by atoms with Gasteiger partial charge in [0.05, 0.1) is 13.7 Å². The Kier molecular flexibility index (Phi) is 6.09. The van der Waals surface area contributed by atoms with Crippen LogP contribution in [0.1, 0.15) is 30.2 Å². The summed E-state index contributed by atoms with van der Waals surface area (Å²) in [5.74, 6) is 2.24. The van der Waals surface area contributed by atoms with Crippen LogP contribution in [0.3, 0.4) is 0 Å². The number of carbonyl (C=O) groups excluding carboxylic acids is 1. The number of anilines is 1. The molecule has 1 aliphatic rings. The highest BCUT2D eigenvalue weighted by Gasteiger charge is 2.26. The van der Waals surface area contributed by atoms with Crippen molar-refractivity contribution < 1.29 is 14.1 Å². The molecule has 0 unspecified atom stereocenters. The molecule has 3 aromatic rings. The van der Waals surface area contributed by atoms with Crippen LogP contribution in [0.15, 0.2) is 53.1 Å². The molecule has 0 saturated carbocycles. The van der Waals surface area contributed by atoms with Gasteiger partial charge < -0.3 is 14.6 Å². The minimum atomic E-state index is -0.0266. The van der Waals surface area contributed by atoms with Crippen LogP contribution in [-0.4, -0.2) is 47.7 Å². The average molecular weight is 406 g/mol. The van der Waals surface area contributed by atoms with Crippen molar-refractivity contribution in [3.8, 4) is 17.1 Å². The van der Waals surface area contributed by atoms with Gasteiger partial charge in [0.15, 0.2) is 0 Å².